The molecule has 2 aliphatic rings. The van der Waals surface area contributed by atoms with Gasteiger partial charge in [0.25, 0.3) is 5.91 Å². The van der Waals surface area contributed by atoms with E-state index < -0.39 is 0 Å². The van der Waals surface area contributed by atoms with Gasteiger partial charge in [0.1, 0.15) is 5.75 Å². The van der Waals surface area contributed by atoms with Crippen LogP contribution >= 0.6 is 0 Å². The summed E-state index contributed by atoms with van der Waals surface area (Å²) in [5.74, 6) is 2.05. The Morgan fingerprint density at radius 1 is 1.10 bits per heavy atom. The standard InChI is InChI=1S/C16H13NO4/c1-19-12-4-2-10-8-17(16(18)13(10)7-12)11-3-5-14-15(6-11)21-9-20-14/h2-7H,8-9H2,1H3. The number of fused-ring (bicyclic) bond motifs is 2. The molecule has 1 amide bonds. The number of nitrogens with zero attached hydrogens (tertiary/aromatic N) is 1. The predicted molar refractivity (Wildman–Crippen MR) is 76.1 cm³/mol. The minimum Gasteiger partial charge on any atom is -0.497 e. The summed E-state index contributed by atoms with van der Waals surface area (Å²) in [6.07, 6.45) is 0. The molecule has 0 saturated carbocycles. The molecule has 0 N–H and O–H groups in total. The summed E-state index contributed by atoms with van der Waals surface area (Å²) in [6.45, 7) is 0.780. The Hall–Kier alpha value is -2.69. The molecule has 0 spiro atoms. The van der Waals surface area contributed by atoms with Crippen LogP contribution in [0, 0.1) is 0 Å². The quantitative estimate of drug-likeness (QED) is 0.850. The van der Waals surface area contributed by atoms with Crippen LogP contribution in [0.4, 0.5) is 5.69 Å². The van der Waals surface area contributed by atoms with Gasteiger partial charge in [-0.3, -0.25) is 4.79 Å². The fraction of sp³-hybridized carbons (Fsp3) is 0.188. The van der Waals surface area contributed by atoms with E-state index in [2.05, 4.69) is 0 Å². The Balaban J connectivity index is 1.70. The van der Waals surface area contributed by atoms with Gasteiger partial charge in [-0.25, -0.2) is 0 Å². The zero-order valence-corrected chi connectivity index (χ0v) is 11.5. The van der Waals surface area contributed by atoms with E-state index in [1.54, 1.807) is 18.1 Å². The van der Waals surface area contributed by atoms with Crippen LogP contribution in [-0.2, 0) is 6.54 Å². The topological polar surface area (TPSA) is 48.0 Å². The smallest absolute Gasteiger partial charge is 0.259 e. The third kappa shape index (κ3) is 1.81. The lowest BCUT2D eigenvalue weighted by atomic mass is 10.1. The molecule has 0 fully saturated rings. The number of benzene rings is 2. The first-order valence-electron chi connectivity index (χ1n) is 6.65. The average molecular weight is 283 g/mol. The van der Waals surface area contributed by atoms with Gasteiger partial charge in [-0.1, -0.05) is 6.07 Å². The van der Waals surface area contributed by atoms with Crippen molar-refractivity contribution in [3.05, 3.63) is 47.5 Å². The van der Waals surface area contributed by atoms with Gasteiger partial charge < -0.3 is 19.1 Å². The molecule has 21 heavy (non-hydrogen) atoms. The highest BCUT2D eigenvalue weighted by molar-refractivity contribution is 6.10. The number of anilines is 1. The monoisotopic (exact) mass is 283 g/mol. The van der Waals surface area contributed by atoms with Gasteiger partial charge in [-0.15, -0.1) is 0 Å². The molecule has 106 valence electrons. The highest BCUT2D eigenvalue weighted by Gasteiger charge is 2.30. The first-order chi connectivity index (χ1) is 10.3. The summed E-state index contributed by atoms with van der Waals surface area (Å²) in [4.78, 5) is 14.3. The van der Waals surface area contributed by atoms with Crippen LogP contribution in [0.3, 0.4) is 0 Å². The third-order valence-electron chi connectivity index (χ3n) is 3.79. The molecule has 2 aromatic carbocycles. The van der Waals surface area contributed by atoms with Gasteiger partial charge in [0.15, 0.2) is 11.5 Å². The van der Waals surface area contributed by atoms with Crippen LogP contribution in [0.1, 0.15) is 15.9 Å². The first-order valence-corrected chi connectivity index (χ1v) is 6.65. The molecular weight excluding hydrogens is 270 g/mol. The van der Waals surface area contributed by atoms with Gasteiger partial charge >= 0.3 is 0 Å². The van der Waals surface area contributed by atoms with E-state index in [9.17, 15) is 4.79 Å². The van der Waals surface area contributed by atoms with Crippen molar-refractivity contribution in [3.8, 4) is 17.2 Å². The van der Waals surface area contributed by atoms with E-state index in [0.29, 0.717) is 29.4 Å². The second kappa shape index (κ2) is 4.41. The first kappa shape index (κ1) is 12.1. The third-order valence-corrected chi connectivity index (χ3v) is 3.79. The molecule has 2 heterocycles. The predicted octanol–water partition coefficient (Wildman–Crippen LogP) is 2.58. The summed E-state index contributed by atoms with van der Waals surface area (Å²) in [6, 6.07) is 11.1. The van der Waals surface area contributed by atoms with E-state index in [-0.39, 0.29) is 12.7 Å². The lowest BCUT2D eigenvalue weighted by molar-refractivity contribution is 0.0996. The number of rotatable bonds is 2. The Morgan fingerprint density at radius 3 is 2.81 bits per heavy atom. The summed E-state index contributed by atoms with van der Waals surface area (Å²) >= 11 is 0. The lowest BCUT2D eigenvalue weighted by Crippen LogP contribution is -2.22. The van der Waals surface area contributed by atoms with Crippen molar-refractivity contribution in [1.82, 2.24) is 0 Å². The number of hydrogen-bond donors (Lipinski definition) is 0. The summed E-state index contributed by atoms with van der Waals surface area (Å²) < 4.78 is 15.8. The number of hydrogen-bond acceptors (Lipinski definition) is 4. The van der Waals surface area contributed by atoms with Crippen molar-refractivity contribution < 1.29 is 19.0 Å². The van der Waals surface area contributed by atoms with Crippen LogP contribution in [0.25, 0.3) is 0 Å². The van der Waals surface area contributed by atoms with Crippen molar-refractivity contribution >= 4 is 11.6 Å². The second-order valence-electron chi connectivity index (χ2n) is 4.95. The number of amides is 1. The number of carbonyl (C=O) groups excluding carboxylic acids is 1. The van der Waals surface area contributed by atoms with Gasteiger partial charge in [-0.05, 0) is 29.8 Å². The van der Waals surface area contributed by atoms with E-state index in [0.717, 1.165) is 11.3 Å². The molecule has 0 unspecified atom stereocenters. The molecule has 0 aromatic heterocycles. The molecule has 0 bridgehead atoms. The van der Waals surface area contributed by atoms with Gasteiger partial charge in [0, 0.05) is 17.3 Å². The molecule has 0 aliphatic carbocycles. The number of carbonyl (C=O) groups is 1. The molecule has 0 saturated heterocycles. The van der Waals surface area contributed by atoms with E-state index >= 15 is 0 Å². The summed E-state index contributed by atoms with van der Waals surface area (Å²) in [7, 11) is 1.59. The fourth-order valence-electron chi connectivity index (χ4n) is 2.67. The van der Waals surface area contributed by atoms with Gasteiger partial charge in [0.2, 0.25) is 6.79 Å². The normalized spacial score (nSPS) is 15.3. The number of ether oxygens (including phenoxy) is 3. The van der Waals surface area contributed by atoms with Crippen molar-refractivity contribution in [2.24, 2.45) is 0 Å². The maximum Gasteiger partial charge on any atom is 0.259 e. The highest BCUT2D eigenvalue weighted by Crippen LogP contribution is 2.38. The minimum atomic E-state index is -0.0252. The Labute approximate surface area is 121 Å². The largest absolute Gasteiger partial charge is 0.497 e. The van der Waals surface area contributed by atoms with Crippen LogP contribution in [0.5, 0.6) is 17.2 Å². The van der Waals surface area contributed by atoms with Crippen LogP contribution in [0.2, 0.25) is 0 Å². The molecule has 5 heteroatoms. The van der Waals surface area contributed by atoms with Crippen molar-refractivity contribution in [2.45, 2.75) is 6.54 Å². The molecule has 0 radical (unpaired) electrons. The number of methoxy groups -OCH3 is 1. The molecular formula is C16H13NO4. The maximum atomic E-state index is 12.6. The molecule has 4 rings (SSSR count). The second-order valence-corrected chi connectivity index (χ2v) is 4.95. The highest BCUT2D eigenvalue weighted by atomic mass is 16.7. The molecule has 5 nitrogen and oxygen atoms in total. The fourth-order valence-corrected chi connectivity index (χ4v) is 2.67. The van der Waals surface area contributed by atoms with E-state index in [4.69, 9.17) is 14.2 Å². The average Bonchev–Trinajstić information content (AvgIpc) is 3.11. The van der Waals surface area contributed by atoms with Crippen molar-refractivity contribution in [2.75, 3.05) is 18.8 Å². The summed E-state index contributed by atoms with van der Waals surface area (Å²) in [5.41, 5.74) is 2.49. The minimum absolute atomic E-state index is 0.0252. The zero-order chi connectivity index (χ0) is 14.4. The summed E-state index contributed by atoms with van der Waals surface area (Å²) in [5, 5.41) is 0. The Morgan fingerprint density at radius 2 is 1.95 bits per heavy atom. The maximum absolute atomic E-state index is 12.6. The van der Waals surface area contributed by atoms with E-state index in [1.807, 2.05) is 30.3 Å². The molecule has 2 aromatic rings. The van der Waals surface area contributed by atoms with Gasteiger partial charge in [-0.2, -0.15) is 0 Å². The molecule has 0 atom stereocenters. The van der Waals surface area contributed by atoms with Crippen LogP contribution < -0.4 is 19.1 Å². The lowest BCUT2D eigenvalue weighted by Gasteiger charge is -2.16. The zero-order valence-electron chi connectivity index (χ0n) is 11.5. The van der Waals surface area contributed by atoms with E-state index in [1.165, 1.54) is 0 Å². The Kier molecular flexibility index (Phi) is 2.54. The van der Waals surface area contributed by atoms with Gasteiger partial charge in [0.05, 0.1) is 13.7 Å². The SMILES string of the molecule is COc1ccc2c(c1)C(=O)N(c1ccc3c(c1)OCO3)C2. The van der Waals surface area contributed by atoms with Crippen LogP contribution in [-0.4, -0.2) is 19.8 Å². The van der Waals surface area contributed by atoms with Crippen molar-refractivity contribution in [3.63, 3.8) is 0 Å². The van der Waals surface area contributed by atoms with Crippen molar-refractivity contribution in [1.29, 1.82) is 0 Å². The molecule has 2 aliphatic heterocycles. The van der Waals surface area contributed by atoms with Crippen LogP contribution in [0.15, 0.2) is 36.4 Å². The Bertz CT molecular complexity index is 741.